The summed E-state index contributed by atoms with van der Waals surface area (Å²) in [6, 6.07) is 5.98. The molecule has 0 atom stereocenters. The zero-order valence-electron chi connectivity index (χ0n) is 8.44. The zero-order valence-corrected chi connectivity index (χ0v) is 10.0. The lowest BCUT2D eigenvalue weighted by atomic mass is 10.2. The smallest absolute Gasteiger partial charge is 0.0701 e. The average molecular weight is 266 g/mol. The predicted molar refractivity (Wildman–Crippen MR) is 63.9 cm³/mol. The highest BCUT2D eigenvalue weighted by atomic mass is 79.9. The molecule has 2 aromatic rings. The first-order valence-corrected chi connectivity index (χ1v) is 5.51. The molecule has 0 aliphatic carbocycles. The number of aromatic nitrogens is 2. The summed E-state index contributed by atoms with van der Waals surface area (Å²) >= 11 is 3.49. The molecule has 0 unspecified atom stereocenters. The van der Waals surface area contributed by atoms with Crippen molar-refractivity contribution in [2.24, 2.45) is 5.73 Å². The van der Waals surface area contributed by atoms with Gasteiger partial charge >= 0.3 is 0 Å². The van der Waals surface area contributed by atoms with Gasteiger partial charge in [0.2, 0.25) is 0 Å². The number of halogens is 1. The van der Waals surface area contributed by atoms with Crippen LogP contribution >= 0.6 is 15.9 Å². The first kappa shape index (κ1) is 10.4. The molecule has 2 N–H and O–H groups in total. The van der Waals surface area contributed by atoms with E-state index >= 15 is 0 Å². The molecule has 0 radical (unpaired) electrons. The Morgan fingerprint density at radius 2 is 2.27 bits per heavy atom. The third-order valence-electron chi connectivity index (χ3n) is 2.26. The van der Waals surface area contributed by atoms with Gasteiger partial charge in [-0.05, 0) is 24.6 Å². The van der Waals surface area contributed by atoms with Gasteiger partial charge in [0.1, 0.15) is 0 Å². The van der Waals surface area contributed by atoms with E-state index in [9.17, 15) is 0 Å². The predicted octanol–water partition coefficient (Wildman–Crippen LogP) is 2.40. The van der Waals surface area contributed by atoms with Crippen LogP contribution in [-0.4, -0.2) is 9.78 Å². The number of nitrogens with zero attached hydrogens (tertiary/aromatic N) is 2. The van der Waals surface area contributed by atoms with Gasteiger partial charge in [-0.15, -0.1) is 0 Å². The summed E-state index contributed by atoms with van der Waals surface area (Å²) in [5.41, 5.74) is 8.96. The minimum absolute atomic E-state index is 0.496. The van der Waals surface area contributed by atoms with E-state index in [1.54, 1.807) is 0 Å². The monoisotopic (exact) mass is 265 g/mol. The molecule has 3 nitrogen and oxygen atoms in total. The molecule has 0 aliphatic heterocycles. The summed E-state index contributed by atoms with van der Waals surface area (Å²) in [4.78, 5) is 0. The molecule has 0 spiro atoms. The fourth-order valence-corrected chi connectivity index (χ4v) is 2.03. The maximum absolute atomic E-state index is 5.72. The van der Waals surface area contributed by atoms with E-state index in [1.165, 1.54) is 0 Å². The first-order chi connectivity index (χ1) is 7.22. The highest BCUT2D eigenvalue weighted by molar-refractivity contribution is 9.10. The Balaban J connectivity index is 2.57. The van der Waals surface area contributed by atoms with Crippen molar-refractivity contribution in [2.45, 2.75) is 13.5 Å². The minimum Gasteiger partial charge on any atom is -0.326 e. The van der Waals surface area contributed by atoms with E-state index in [1.807, 2.05) is 42.2 Å². The van der Waals surface area contributed by atoms with Crippen molar-refractivity contribution >= 4 is 15.9 Å². The molecule has 4 heteroatoms. The Morgan fingerprint density at radius 3 is 2.87 bits per heavy atom. The molecule has 0 aliphatic rings. The largest absolute Gasteiger partial charge is 0.326 e. The molecule has 1 heterocycles. The summed E-state index contributed by atoms with van der Waals surface area (Å²) < 4.78 is 2.87. The lowest BCUT2D eigenvalue weighted by Gasteiger charge is -2.09. The number of aryl methyl sites for hydroxylation is 1. The van der Waals surface area contributed by atoms with Gasteiger partial charge in [-0.3, -0.25) is 0 Å². The maximum atomic E-state index is 5.72. The van der Waals surface area contributed by atoms with Gasteiger partial charge in [0.05, 0.1) is 11.9 Å². The lowest BCUT2D eigenvalue weighted by Crippen LogP contribution is -2.05. The van der Waals surface area contributed by atoms with Crippen LogP contribution in [0.1, 0.15) is 11.1 Å². The first-order valence-electron chi connectivity index (χ1n) is 4.71. The SMILES string of the molecule is Cc1cnn(-c2cccc(Br)c2CN)c1. The quantitative estimate of drug-likeness (QED) is 0.907. The Morgan fingerprint density at radius 1 is 1.47 bits per heavy atom. The van der Waals surface area contributed by atoms with Gasteiger partial charge in [-0.2, -0.15) is 5.10 Å². The van der Waals surface area contributed by atoms with Crippen molar-refractivity contribution in [1.82, 2.24) is 9.78 Å². The van der Waals surface area contributed by atoms with Crippen LogP contribution in [0.5, 0.6) is 0 Å². The maximum Gasteiger partial charge on any atom is 0.0701 e. The van der Waals surface area contributed by atoms with E-state index in [0.717, 1.165) is 21.3 Å². The molecule has 0 amide bonds. The van der Waals surface area contributed by atoms with Crippen LogP contribution < -0.4 is 5.73 Å². The molecule has 15 heavy (non-hydrogen) atoms. The van der Waals surface area contributed by atoms with Crippen LogP contribution in [-0.2, 0) is 6.54 Å². The second kappa shape index (κ2) is 4.16. The summed E-state index contributed by atoms with van der Waals surface area (Å²) in [5.74, 6) is 0. The molecule has 0 saturated heterocycles. The molecular formula is C11H12BrN3. The summed E-state index contributed by atoms with van der Waals surface area (Å²) in [7, 11) is 0. The molecular weight excluding hydrogens is 254 g/mol. The van der Waals surface area contributed by atoms with Gasteiger partial charge in [0.25, 0.3) is 0 Å². The molecule has 0 bridgehead atoms. The van der Waals surface area contributed by atoms with Crippen LogP contribution in [0.2, 0.25) is 0 Å². The topological polar surface area (TPSA) is 43.8 Å². The Kier molecular flexibility index (Phi) is 2.88. The van der Waals surface area contributed by atoms with Crippen LogP contribution in [0.3, 0.4) is 0 Å². The third-order valence-corrected chi connectivity index (χ3v) is 3.00. The second-order valence-electron chi connectivity index (χ2n) is 3.40. The molecule has 78 valence electrons. The summed E-state index contributed by atoms with van der Waals surface area (Å²) in [6.07, 6.45) is 3.82. The van der Waals surface area contributed by atoms with E-state index in [0.29, 0.717) is 6.54 Å². The zero-order chi connectivity index (χ0) is 10.8. The van der Waals surface area contributed by atoms with Gasteiger partial charge in [0, 0.05) is 22.8 Å². The van der Waals surface area contributed by atoms with Crippen LogP contribution in [0.25, 0.3) is 5.69 Å². The van der Waals surface area contributed by atoms with Gasteiger partial charge in [-0.25, -0.2) is 4.68 Å². The van der Waals surface area contributed by atoms with Gasteiger partial charge in [0.15, 0.2) is 0 Å². The highest BCUT2D eigenvalue weighted by Gasteiger charge is 2.07. The van der Waals surface area contributed by atoms with Crippen LogP contribution in [0.15, 0.2) is 35.1 Å². The van der Waals surface area contributed by atoms with E-state index in [2.05, 4.69) is 21.0 Å². The Labute approximate surface area is 97.0 Å². The second-order valence-corrected chi connectivity index (χ2v) is 4.26. The molecule has 0 saturated carbocycles. The van der Waals surface area contributed by atoms with Crippen LogP contribution in [0.4, 0.5) is 0 Å². The Bertz CT molecular complexity index is 476. The van der Waals surface area contributed by atoms with E-state index in [4.69, 9.17) is 5.73 Å². The number of rotatable bonds is 2. The minimum atomic E-state index is 0.496. The van der Waals surface area contributed by atoms with Crippen LogP contribution in [0, 0.1) is 6.92 Å². The normalized spacial score (nSPS) is 10.6. The lowest BCUT2D eigenvalue weighted by molar-refractivity contribution is 0.856. The number of benzene rings is 1. The van der Waals surface area contributed by atoms with Gasteiger partial charge < -0.3 is 5.73 Å². The molecule has 1 aromatic heterocycles. The third kappa shape index (κ3) is 1.96. The fraction of sp³-hybridized carbons (Fsp3) is 0.182. The summed E-state index contributed by atoms with van der Waals surface area (Å²) in [5, 5.41) is 4.28. The van der Waals surface area contributed by atoms with Crippen molar-refractivity contribution in [3.8, 4) is 5.69 Å². The van der Waals surface area contributed by atoms with Crippen molar-refractivity contribution in [2.75, 3.05) is 0 Å². The number of hydrogen-bond acceptors (Lipinski definition) is 2. The molecule has 0 fully saturated rings. The van der Waals surface area contributed by atoms with E-state index < -0.39 is 0 Å². The number of nitrogens with two attached hydrogens (primary N) is 1. The molecule has 1 aromatic carbocycles. The van der Waals surface area contributed by atoms with Crippen molar-refractivity contribution in [3.63, 3.8) is 0 Å². The standard InChI is InChI=1S/C11H12BrN3/c1-8-6-14-15(7-8)11-4-2-3-10(12)9(11)5-13/h2-4,6-7H,5,13H2,1H3. The fourth-order valence-electron chi connectivity index (χ4n) is 1.51. The highest BCUT2D eigenvalue weighted by Crippen LogP contribution is 2.22. The van der Waals surface area contributed by atoms with Gasteiger partial charge in [-0.1, -0.05) is 22.0 Å². The molecule has 2 rings (SSSR count). The number of hydrogen-bond donors (Lipinski definition) is 1. The average Bonchev–Trinajstić information content (AvgIpc) is 2.64. The van der Waals surface area contributed by atoms with E-state index in [-0.39, 0.29) is 0 Å². The summed E-state index contributed by atoms with van der Waals surface area (Å²) in [6.45, 7) is 2.51. The Hall–Kier alpha value is -1.13. The van der Waals surface area contributed by atoms with Crippen molar-refractivity contribution in [3.05, 3.63) is 46.2 Å². The van der Waals surface area contributed by atoms with Crippen molar-refractivity contribution in [1.29, 1.82) is 0 Å². The van der Waals surface area contributed by atoms with Crippen molar-refractivity contribution < 1.29 is 0 Å².